The Morgan fingerprint density at radius 2 is 0.864 bits per heavy atom. The van der Waals surface area contributed by atoms with Crippen LogP contribution < -0.4 is 0 Å². The summed E-state index contributed by atoms with van der Waals surface area (Å²) in [6, 6.07) is 0. The first-order chi connectivity index (χ1) is 10.9. The predicted molar refractivity (Wildman–Crippen MR) is 103 cm³/mol. The van der Waals surface area contributed by atoms with Crippen molar-refractivity contribution in [2.45, 2.75) is 122 Å². The molecule has 22 heavy (non-hydrogen) atoms. The summed E-state index contributed by atoms with van der Waals surface area (Å²) in [7, 11) is 0. The first-order valence-electron chi connectivity index (χ1n) is 10.4. The maximum Gasteiger partial charge on any atom is -0.0351 e. The zero-order valence-corrected chi connectivity index (χ0v) is 15.6. The van der Waals surface area contributed by atoms with E-state index in [1.807, 2.05) is 0 Å². The molecule has 0 amide bonds. The molecule has 0 unspecified atom stereocenters. The van der Waals surface area contributed by atoms with Crippen molar-refractivity contribution in [1.82, 2.24) is 0 Å². The molecule has 0 fully saturated rings. The molecule has 0 aromatic carbocycles. The molecule has 0 N–H and O–H groups in total. The zero-order valence-electron chi connectivity index (χ0n) is 15.6. The molecule has 0 atom stereocenters. The number of allylic oxidation sites excluding steroid dienone is 2. The molecule has 0 aliphatic carbocycles. The fourth-order valence-corrected chi connectivity index (χ4v) is 2.95. The van der Waals surface area contributed by atoms with E-state index in [9.17, 15) is 0 Å². The van der Waals surface area contributed by atoms with Gasteiger partial charge in [-0.2, -0.15) is 0 Å². The van der Waals surface area contributed by atoms with Gasteiger partial charge in [0.2, 0.25) is 0 Å². The minimum absolute atomic E-state index is 1.12. The van der Waals surface area contributed by atoms with E-state index in [0.717, 1.165) is 6.42 Å². The summed E-state index contributed by atoms with van der Waals surface area (Å²) >= 11 is 0. The highest BCUT2D eigenvalue weighted by molar-refractivity contribution is 4.81. The fraction of sp³-hybridized carbons (Fsp3) is 0.864. The lowest BCUT2D eigenvalue weighted by atomic mass is 10.1. The van der Waals surface area contributed by atoms with E-state index in [4.69, 9.17) is 0 Å². The van der Waals surface area contributed by atoms with Crippen LogP contribution in [0.4, 0.5) is 0 Å². The number of hydrogen-bond acceptors (Lipinski definition) is 0. The average Bonchev–Trinajstić information content (AvgIpc) is 2.54. The molecule has 0 heteroatoms. The summed E-state index contributed by atoms with van der Waals surface area (Å²) in [5, 5.41) is 0. The van der Waals surface area contributed by atoms with E-state index in [1.54, 1.807) is 0 Å². The van der Waals surface area contributed by atoms with Crippen molar-refractivity contribution in [3.63, 3.8) is 0 Å². The molecule has 0 aliphatic heterocycles. The highest BCUT2D eigenvalue weighted by Crippen LogP contribution is 2.11. The van der Waals surface area contributed by atoms with E-state index < -0.39 is 0 Å². The van der Waals surface area contributed by atoms with Gasteiger partial charge < -0.3 is 0 Å². The maximum atomic E-state index is 3.89. The quantitative estimate of drug-likeness (QED) is 0.176. The maximum absolute atomic E-state index is 3.89. The van der Waals surface area contributed by atoms with Gasteiger partial charge in [0, 0.05) is 0 Å². The highest BCUT2D eigenvalue weighted by atomic mass is 14.0. The summed E-state index contributed by atoms with van der Waals surface area (Å²) < 4.78 is 0. The van der Waals surface area contributed by atoms with Crippen LogP contribution in [-0.2, 0) is 0 Å². The Hall–Kier alpha value is -0.260. The molecule has 0 aromatic rings. The first kappa shape index (κ1) is 21.7. The SMILES string of the molecule is [CH2]CCCCCCCCCCC=CCCCCCCCCC. The van der Waals surface area contributed by atoms with Crippen LogP contribution in [0.1, 0.15) is 122 Å². The van der Waals surface area contributed by atoms with Crippen LogP contribution in [0.5, 0.6) is 0 Å². The Kier molecular flexibility index (Phi) is 20.5. The van der Waals surface area contributed by atoms with Crippen LogP contribution in [-0.4, -0.2) is 0 Å². The second-order valence-electron chi connectivity index (χ2n) is 6.85. The number of unbranched alkanes of at least 4 members (excludes halogenated alkanes) is 16. The van der Waals surface area contributed by atoms with Crippen LogP contribution in [0, 0.1) is 6.92 Å². The summed E-state index contributed by atoms with van der Waals surface area (Å²) in [6.07, 6.45) is 29.8. The molecule has 0 saturated heterocycles. The molecule has 0 spiro atoms. The van der Waals surface area contributed by atoms with Gasteiger partial charge in [0.1, 0.15) is 0 Å². The fourth-order valence-electron chi connectivity index (χ4n) is 2.95. The minimum Gasteiger partial charge on any atom is -0.0885 e. The van der Waals surface area contributed by atoms with Crippen molar-refractivity contribution < 1.29 is 0 Å². The number of hydrogen-bond donors (Lipinski definition) is 0. The smallest absolute Gasteiger partial charge is 0.0351 e. The molecule has 0 rings (SSSR count). The molecular weight excluding hydrogens is 264 g/mol. The number of rotatable bonds is 18. The van der Waals surface area contributed by atoms with Gasteiger partial charge in [-0.25, -0.2) is 0 Å². The van der Waals surface area contributed by atoms with Crippen molar-refractivity contribution in [1.29, 1.82) is 0 Å². The second-order valence-corrected chi connectivity index (χ2v) is 6.85. The topological polar surface area (TPSA) is 0 Å². The van der Waals surface area contributed by atoms with E-state index in [2.05, 4.69) is 26.0 Å². The Balaban J connectivity index is 3.02. The average molecular weight is 308 g/mol. The van der Waals surface area contributed by atoms with E-state index >= 15 is 0 Å². The second kappa shape index (κ2) is 20.7. The van der Waals surface area contributed by atoms with Gasteiger partial charge in [-0.05, 0) is 25.7 Å². The third-order valence-corrected chi connectivity index (χ3v) is 4.51. The summed E-state index contributed by atoms with van der Waals surface area (Å²) in [4.78, 5) is 0. The molecule has 0 saturated carbocycles. The lowest BCUT2D eigenvalue weighted by Gasteiger charge is -2.01. The van der Waals surface area contributed by atoms with Crippen LogP contribution >= 0.6 is 0 Å². The van der Waals surface area contributed by atoms with Crippen molar-refractivity contribution in [2.24, 2.45) is 0 Å². The Bertz CT molecular complexity index is 204. The van der Waals surface area contributed by atoms with Gasteiger partial charge in [0.05, 0.1) is 0 Å². The molecule has 0 nitrogen and oxygen atoms in total. The first-order valence-corrected chi connectivity index (χ1v) is 10.4. The summed E-state index contributed by atoms with van der Waals surface area (Å²) in [5.41, 5.74) is 0. The lowest BCUT2D eigenvalue weighted by Crippen LogP contribution is -1.81. The molecule has 131 valence electrons. The highest BCUT2D eigenvalue weighted by Gasteiger charge is 1.92. The van der Waals surface area contributed by atoms with Crippen LogP contribution in [0.25, 0.3) is 0 Å². The van der Waals surface area contributed by atoms with Crippen molar-refractivity contribution in [3.05, 3.63) is 19.1 Å². The molecule has 1 radical (unpaired) electrons. The van der Waals surface area contributed by atoms with Gasteiger partial charge in [-0.15, -0.1) is 0 Å². The van der Waals surface area contributed by atoms with Gasteiger partial charge in [0.25, 0.3) is 0 Å². The van der Waals surface area contributed by atoms with E-state index in [0.29, 0.717) is 0 Å². The van der Waals surface area contributed by atoms with Gasteiger partial charge >= 0.3 is 0 Å². The van der Waals surface area contributed by atoms with Gasteiger partial charge in [-0.3, -0.25) is 0 Å². The zero-order chi connectivity index (χ0) is 16.1. The normalized spacial score (nSPS) is 11.5. The Labute approximate surface area is 142 Å². The molecule has 0 heterocycles. The van der Waals surface area contributed by atoms with E-state index in [1.165, 1.54) is 109 Å². The Morgan fingerprint density at radius 3 is 1.27 bits per heavy atom. The predicted octanol–water partition coefficient (Wildman–Crippen LogP) is 8.42. The molecule has 0 aromatic heterocycles. The van der Waals surface area contributed by atoms with Crippen molar-refractivity contribution in [2.75, 3.05) is 0 Å². The minimum atomic E-state index is 1.12. The summed E-state index contributed by atoms with van der Waals surface area (Å²) in [5.74, 6) is 0. The van der Waals surface area contributed by atoms with Crippen molar-refractivity contribution >= 4 is 0 Å². The van der Waals surface area contributed by atoms with E-state index in [-0.39, 0.29) is 0 Å². The van der Waals surface area contributed by atoms with Crippen molar-refractivity contribution in [3.8, 4) is 0 Å². The third-order valence-electron chi connectivity index (χ3n) is 4.51. The van der Waals surface area contributed by atoms with Crippen LogP contribution in [0.3, 0.4) is 0 Å². The molecular formula is C22H43. The molecule has 0 aliphatic rings. The molecule has 0 bridgehead atoms. The largest absolute Gasteiger partial charge is 0.0885 e. The lowest BCUT2D eigenvalue weighted by molar-refractivity contribution is 0.570. The van der Waals surface area contributed by atoms with Gasteiger partial charge in [-0.1, -0.05) is 116 Å². The van der Waals surface area contributed by atoms with Crippen LogP contribution in [0.15, 0.2) is 12.2 Å². The third kappa shape index (κ3) is 19.7. The van der Waals surface area contributed by atoms with Gasteiger partial charge in [0.15, 0.2) is 0 Å². The summed E-state index contributed by atoms with van der Waals surface area (Å²) in [6.45, 7) is 6.18. The van der Waals surface area contributed by atoms with Crippen LogP contribution in [0.2, 0.25) is 0 Å². The Morgan fingerprint density at radius 1 is 0.500 bits per heavy atom. The standard InChI is InChI=1S/C22H43/c1-3-5-7-9-11-13-15-17-19-21-22-20-18-16-14-12-10-8-6-4-2/h20,22H,1,3-19,21H2,2H3. The monoisotopic (exact) mass is 307 g/mol.